The van der Waals surface area contributed by atoms with E-state index in [1.54, 1.807) is 0 Å². The summed E-state index contributed by atoms with van der Waals surface area (Å²) in [7, 11) is 0. The summed E-state index contributed by atoms with van der Waals surface area (Å²) in [6.45, 7) is 34.8. The van der Waals surface area contributed by atoms with E-state index in [9.17, 15) is 0 Å². The van der Waals surface area contributed by atoms with Crippen LogP contribution in [0.15, 0.2) is 0 Å². The van der Waals surface area contributed by atoms with Crippen LogP contribution in [0.3, 0.4) is 0 Å². The summed E-state index contributed by atoms with van der Waals surface area (Å²) < 4.78 is 8.19. The summed E-state index contributed by atoms with van der Waals surface area (Å²) >= 11 is 1.06. The summed E-state index contributed by atoms with van der Waals surface area (Å²) in [5.41, 5.74) is 25.3. The minimum atomic E-state index is 0.605. The molecule has 3 aromatic heterocycles. The molecular weight excluding hydrogens is 756 g/mol. The van der Waals surface area contributed by atoms with E-state index in [1.165, 1.54) is 44.5 Å². The first-order chi connectivity index (χ1) is 27.4. The van der Waals surface area contributed by atoms with Gasteiger partial charge in [0.2, 0.25) is 0 Å². The van der Waals surface area contributed by atoms with Crippen LogP contribution in [0.5, 0.6) is 0 Å². The molecule has 0 aliphatic carbocycles. The third-order valence-corrected chi connectivity index (χ3v) is 14.2. The summed E-state index contributed by atoms with van der Waals surface area (Å²) in [4.78, 5) is 42.8. The van der Waals surface area contributed by atoms with Gasteiger partial charge in [-0.15, -0.1) is 0 Å². The molecule has 0 spiro atoms. The summed E-state index contributed by atoms with van der Waals surface area (Å²) in [5, 5.41) is 3.97. The van der Waals surface area contributed by atoms with Gasteiger partial charge in [0.05, 0.1) is 23.3 Å². The van der Waals surface area contributed by atoms with Crippen LogP contribution in [0.4, 0.5) is 0 Å². The van der Waals surface area contributed by atoms with Gasteiger partial charge in [-0.05, 0) is 221 Å². The van der Waals surface area contributed by atoms with Crippen LogP contribution in [-0.4, -0.2) is 29.9 Å². The van der Waals surface area contributed by atoms with Crippen LogP contribution in [0.2, 0.25) is 0 Å². The van der Waals surface area contributed by atoms with Crippen molar-refractivity contribution in [2.45, 2.75) is 111 Å². The molecule has 10 heteroatoms. The average Bonchev–Trinajstić information content (AvgIpc) is 3.96. The van der Waals surface area contributed by atoms with Crippen molar-refractivity contribution in [3.63, 3.8) is 0 Å². The van der Waals surface area contributed by atoms with Crippen molar-refractivity contribution in [3.8, 4) is 45.6 Å². The number of nitrogens with zero attached hydrogens (tertiary/aromatic N) is 8. The Morgan fingerprint density at radius 1 is 0.259 bits per heavy atom. The molecule has 0 saturated heterocycles. The number of hydrogen-bond donors (Lipinski definition) is 0. The fraction of sp³-hybridized carbons (Fsp3) is 0.333. The van der Waals surface area contributed by atoms with Gasteiger partial charge in [-0.2, -0.15) is 0 Å². The van der Waals surface area contributed by atoms with E-state index in [-0.39, 0.29) is 0 Å². The van der Waals surface area contributed by atoms with Gasteiger partial charge in [-0.25, -0.2) is 9.97 Å². The van der Waals surface area contributed by atoms with Crippen molar-refractivity contribution in [2.75, 3.05) is 0 Å². The predicted octanol–water partition coefficient (Wildman–Crippen LogP) is 10.9. The van der Waals surface area contributed by atoms with Gasteiger partial charge in [0.15, 0.2) is 0 Å². The zero-order chi connectivity index (χ0) is 42.1. The summed E-state index contributed by atoms with van der Waals surface area (Å²) in [6.07, 6.45) is 0. The summed E-state index contributed by atoms with van der Waals surface area (Å²) in [6, 6.07) is 0. The molecule has 0 unspecified atom stereocenters. The first-order valence-corrected chi connectivity index (χ1v) is 20.3. The first kappa shape index (κ1) is 39.5. The Morgan fingerprint density at radius 2 is 0.431 bits per heavy atom. The van der Waals surface area contributed by atoms with Crippen molar-refractivity contribution in [3.05, 3.63) is 89.0 Å². The van der Waals surface area contributed by atoms with Crippen molar-refractivity contribution >= 4 is 44.1 Å². The number of aryl methyl sites for hydroxylation is 4. The molecule has 8 bridgehead atoms. The second-order valence-electron chi connectivity index (χ2n) is 16.5. The third-order valence-electron chi connectivity index (χ3n) is 14.2. The molecule has 291 valence electrons. The van der Waals surface area contributed by atoms with Crippen LogP contribution < -0.4 is 9.97 Å². The first-order valence-electron chi connectivity index (χ1n) is 19.8. The quantitative estimate of drug-likeness (QED) is 0.147. The fourth-order valence-corrected chi connectivity index (χ4v) is 9.38. The number of hydrogen-bond acceptors (Lipinski definition) is 7. The van der Waals surface area contributed by atoms with Gasteiger partial charge in [0, 0.05) is 44.8 Å². The van der Waals surface area contributed by atoms with Crippen molar-refractivity contribution in [2.24, 2.45) is 0 Å². The van der Waals surface area contributed by atoms with Crippen LogP contribution >= 0.6 is 0 Å². The average molecular weight is 804 g/mol. The van der Waals surface area contributed by atoms with Gasteiger partial charge in [0.25, 0.3) is 0 Å². The van der Waals surface area contributed by atoms with Crippen LogP contribution in [-0.2, 0) is 21.0 Å². The maximum atomic E-state index is 8.19. The van der Waals surface area contributed by atoms with Crippen molar-refractivity contribution in [1.82, 2.24) is 39.9 Å². The Bertz CT molecular complexity index is 2810. The molecular formula is C48H48N8OV. The van der Waals surface area contributed by atoms with E-state index in [0.29, 0.717) is 45.9 Å². The maximum absolute atomic E-state index is 8.19. The monoisotopic (exact) mass is 803 g/mol. The zero-order valence-electron chi connectivity index (χ0n) is 36.4. The molecule has 0 amide bonds. The Labute approximate surface area is 348 Å². The van der Waals surface area contributed by atoms with Gasteiger partial charge in [-0.1, -0.05) is 0 Å². The predicted molar refractivity (Wildman–Crippen MR) is 230 cm³/mol. The second kappa shape index (κ2) is 13.6. The topological polar surface area (TPSA) is 123 Å². The van der Waals surface area contributed by atoms with Crippen LogP contribution in [0, 0.1) is 111 Å². The standard InChI is InChI=1S/C48H48N8.O.V/c1-17-18(2)26(10)34-33(25(17)9)41-49-42(34)54-44-37-29(13)21(5)22(6)30(14)38(37)46(51-44)56-48-40-32(16)24(8)23(7)31(15)39(40)47(52-48)55-45-36-28(12)20(4)19(3)27(11)35(36)43(50-45)53-41;;/h1-16H3;;/q-2;;+2. The Kier molecular flexibility index (Phi) is 9.25. The summed E-state index contributed by atoms with van der Waals surface area (Å²) in [5.74, 6) is 2.42. The molecule has 58 heavy (non-hydrogen) atoms. The normalized spacial score (nSPS) is 12.0. The Morgan fingerprint density at radius 3 is 0.621 bits per heavy atom. The minimum absolute atomic E-state index is 0.605. The number of fused-ring (bicyclic) bond motifs is 20. The molecule has 0 saturated carbocycles. The van der Waals surface area contributed by atoms with Crippen LogP contribution in [0.1, 0.15) is 89.0 Å². The van der Waals surface area contributed by atoms with E-state index in [0.717, 1.165) is 106 Å². The molecule has 2 aliphatic rings. The number of benzene rings is 4. The molecule has 0 atom stereocenters. The number of rotatable bonds is 0. The van der Waals surface area contributed by atoms with E-state index in [1.807, 2.05) is 0 Å². The third kappa shape index (κ3) is 5.21. The SMILES string of the molecule is Cc1c(C)c(C)c2c(c1C)-c1nc-2nc2[n-]c(nc3nc(nc4[n-]c(n1)c1c(C)c(C)c(C)c(C)c41)-c1c(C)c(C)c(C)c(C)c1-3)c1c(C)c(C)c(C)c(C)c21.[O]=[V+2]. The molecule has 4 aromatic carbocycles. The molecule has 2 aliphatic heterocycles. The molecule has 0 fully saturated rings. The zero-order valence-corrected chi connectivity index (χ0v) is 37.8. The van der Waals surface area contributed by atoms with Crippen molar-refractivity contribution in [1.29, 1.82) is 0 Å². The molecule has 0 N–H and O–H groups in total. The van der Waals surface area contributed by atoms with E-state index in [2.05, 4.69) is 111 Å². The Balaban J connectivity index is 0.00000231. The molecule has 7 aromatic rings. The van der Waals surface area contributed by atoms with Gasteiger partial charge >= 0.3 is 21.0 Å². The Hall–Kier alpha value is -5.38. The fourth-order valence-electron chi connectivity index (χ4n) is 9.38. The van der Waals surface area contributed by atoms with Gasteiger partial charge in [-0.3, -0.25) is 0 Å². The van der Waals surface area contributed by atoms with Gasteiger partial charge in [0.1, 0.15) is 0 Å². The second-order valence-corrected chi connectivity index (χ2v) is 16.5. The van der Waals surface area contributed by atoms with E-state index < -0.39 is 0 Å². The van der Waals surface area contributed by atoms with E-state index in [4.69, 9.17) is 43.5 Å². The molecule has 9 rings (SSSR count). The number of aromatic nitrogens is 8. The van der Waals surface area contributed by atoms with E-state index >= 15 is 0 Å². The molecule has 5 heterocycles. The van der Waals surface area contributed by atoms with Gasteiger partial charge < -0.3 is 29.9 Å². The molecule has 0 radical (unpaired) electrons. The van der Waals surface area contributed by atoms with Crippen LogP contribution in [0.25, 0.3) is 89.7 Å². The van der Waals surface area contributed by atoms with Crippen molar-refractivity contribution < 1.29 is 21.0 Å². The molecule has 9 nitrogen and oxygen atoms in total.